The predicted molar refractivity (Wildman–Crippen MR) is 70.0 cm³/mol. The maximum absolute atomic E-state index is 11.1. The topological polar surface area (TPSA) is 55.4 Å². The first-order chi connectivity index (χ1) is 7.87. The zero-order valence-electron chi connectivity index (χ0n) is 11.2. The minimum absolute atomic E-state index is 0.134. The summed E-state index contributed by atoms with van der Waals surface area (Å²) in [5, 5.41) is 3.28. The minimum Gasteiger partial charge on any atom is -0.374 e. The fourth-order valence-corrected chi connectivity index (χ4v) is 3.23. The van der Waals surface area contributed by atoms with Crippen LogP contribution < -0.4 is 5.32 Å². The number of hydrogen-bond acceptors (Lipinski definition) is 4. The fraction of sp³-hybridized carbons (Fsp3) is 1.00. The van der Waals surface area contributed by atoms with Crippen molar-refractivity contribution in [2.24, 2.45) is 0 Å². The Balaban J connectivity index is 2.47. The summed E-state index contributed by atoms with van der Waals surface area (Å²) in [7, 11) is -0.922. The summed E-state index contributed by atoms with van der Waals surface area (Å²) < 4.78 is 28.1. The Hall–Kier alpha value is -0.130. The van der Waals surface area contributed by atoms with E-state index in [0.29, 0.717) is 6.42 Å². The van der Waals surface area contributed by atoms with Gasteiger partial charge in [-0.05, 0) is 46.1 Å². The molecule has 102 valence electrons. The van der Waals surface area contributed by atoms with Gasteiger partial charge in [0.25, 0.3) is 0 Å². The molecular formula is C12H25NO3S. The van der Waals surface area contributed by atoms with Crippen molar-refractivity contribution < 1.29 is 13.2 Å². The summed E-state index contributed by atoms with van der Waals surface area (Å²) in [5.41, 5.74) is -0.134. The van der Waals surface area contributed by atoms with Gasteiger partial charge in [-0.3, -0.25) is 0 Å². The average Bonchev–Trinajstić information content (AvgIpc) is 2.23. The van der Waals surface area contributed by atoms with Crippen LogP contribution in [-0.2, 0) is 14.6 Å². The zero-order valence-corrected chi connectivity index (χ0v) is 12.0. The first-order valence-corrected chi connectivity index (χ1v) is 8.42. The van der Waals surface area contributed by atoms with E-state index >= 15 is 0 Å². The second-order valence-corrected chi connectivity index (χ2v) is 7.49. The lowest BCUT2D eigenvalue weighted by Gasteiger charge is -2.40. The van der Waals surface area contributed by atoms with Gasteiger partial charge in [0.05, 0.1) is 5.60 Å². The zero-order chi connectivity index (χ0) is 12.9. The van der Waals surface area contributed by atoms with E-state index in [0.717, 1.165) is 25.9 Å². The second-order valence-electron chi connectivity index (χ2n) is 5.23. The van der Waals surface area contributed by atoms with E-state index < -0.39 is 9.84 Å². The molecule has 5 heteroatoms. The molecule has 0 spiro atoms. The van der Waals surface area contributed by atoms with Gasteiger partial charge < -0.3 is 10.1 Å². The van der Waals surface area contributed by atoms with Gasteiger partial charge in [-0.1, -0.05) is 0 Å². The van der Waals surface area contributed by atoms with Gasteiger partial charge in [0.1, 0.15) is 9.84 Å². The van der Waals surface area contributed by atoms with Gasteiger partial charge >= 0.3 is 0 Å². The summed E-state index contributed by atoms with van der Waals surface area (Å²) >= 11 is 0. The van der Waals surface area contributed by atoms with Gasteiger partial charge in [0.15, 0.2) is 0 Å². The third-order valence-corrected chi connectivity index (χ3v) is 4.62. The van der Waals surface area contributed by atoms with Crippen LogP contribution in [0.4, 0.5) is 0 Å². The van der Waals surface area contributed by atoms with Crippen molar-refractivity contribution in [3.63, 3.8) is 0 Å². The predicted octanol–water partition coefficient (Wildman–Crippen LogP) is 1.36. The largest absolute Gasteiger partial charge is 0.374 e. The standard InChI is InChI=1S/C12H25NO3S/c1-12(8-4-5-9-16-12)11(13-2)7-6-10-17(3,14)15/h11,13H,4-10H2,1-3H3. The molecule has 1 fully saturated rings. The lowest BCUT2D eigenvalue weighted by molar-refractivity contribution is -0.0887. The van der Waals surface area contributed by atoms with Crippen LogP contribution in [0, 0.1) is 0 Å². The maximum Gasteiger partial charge on any atom is 0.147 e. The highest BCUT2D eigenvalue weighted by Crippen LogP contribution is 2.29. The Labute approximate surface area is 105 Å². The Morgan fingerprint density at radius 2 is 2.12 bits per heavy atom. The van der Waals surface area contributed by atoms with Crippen molar-refractivity contribution >= 4 is 9.84 Å². The van der Waals surface area contributed by atoms with Crippen molar-refractivity contribution in [3.8, 4) is 0 Å². The first kappa shape index (κ1) is 14.9. The fourth-order valence-electron chi connectivity index (χ4n) is 2.54. The molecule has 0 aromatic heterocycles. The molecule has 0 saturated carbocycles. The molecule has 17 heavy (non-hydrogen) atoms. The van der Waals surface area contributed by atoms with Gasteiger partial charge in [-0.15, -0.1) is 0 Å². The number of sulfone groups is 1. The molecule has 0 aliphatic carbocycles. The highest BCUT2D eigenvalue weighted by Gasteiger charge is 2.35. The summed E-state index contributed by atoms with van der Waals surface area (Å²) in [6, 6.07) is 0.240. The van der Waals surface area contributed by atoms with E-state index in [1.54, 1.807) is 0 Å². The Bertz CT molecular complexity index is 321. The first-order valence-electron chi connectivity index (χ1n) is 6.36. The molecule has 1 aliphatic heterocycles. The third-order valence-electron chi connectivity index (χ3n) is 3.59. The van der Waals surface area contributed by atoms with E-state index in [1.807, 2.05) is 7.05 Å². The molecule has 4 nitrogen and oxygen atoms in total. The summed E-state index contributed by atoms with van der Waals surface area (Å²) in [6.45, 7) is 2.95. The van der Waals surface area contributed by atoms with Crippen molar-refractivity contribution in [1.82, 2.24) is 5.32 Å². The molecule has 0 radical (unpaired) electrons. The summed E-state index contributed by atoms with van der Waals surface area (Å²) in [6.07, 6.45) is 6.22. The van der Waals surface area contributed by atoms with Crippen LogP contribution in [0.2, 0.25) is 0 Å². The summed E-state index contributed by atoms with van der Waals surface area (Å²) in [4.78, 5) is 0. The lowest BCUT2D eigenvalue weighted by Crippen LogP contribution is -2.51. The van der Waals surface area contributed by atoms with Crippen molar-refractivity contribution in [2.75, 3.05) is 25.7 Å². The SMILES string of the molecule is CNC(CCCS(C)(=O)=O)C1(C)CCCCO1. The van der Waals surface area contributed by atoms with Crippen LogP contribution >= 0.6 is 0 Å². The molecule has 1 saturated heterocycles. The maximum atomic E-state index is 11.1. The van der Waals surface area contributed by atoms with E-state index in [9.17, 15) is 8.42 Å². The summed E-state index contributed by atoms with van der Waals surface area (Å²) in [5.74, 6) is 0.265. The van der Waals surface area contributed by atoms with E-state index in [-0.39, 0.29) is 17.4 Å². The van der Waals surface area contributed by atoms with Crippen LogP contribution in [0.5, 0.6) is 0 Å². The molecule has 2 atom stereocenters. The number of likely N-dealkylation sites (N-methyl/N-ethyl adjacent to an activating group) is 1. The minimum atomic E-state index is -2.85. The molecule has 1 heterocycles. The second kappa shape index (κ2) is 6.16. The van der Waals surface area contributed by atoms with E-state index in [4.69, 9.17) is 4.74 Å². The average molecular weight is 263 g/mol. The van der Waals surface area contributed by atoms with Crippen LogP contribution in [-0.4, -0.2) is 45.7 Å². The molecule has 2 unspecified atom stereocenters. The molecule has 1 aliphatic rings. The Morgan fingerprint density at radius 3 is 2.59 bits per heavy atom. The van der Waals surface area contributed by atoms with Crippen LogP contribution in [0.3, 0.4) is 0 Å². The quantitative estimate of drug-likeness (QED) is 0.786. The Kier molecular flexibility index (Phi) is 5.41. The molecule has 0 aromatic carbocycles. The Morgan fingerprint density at radius 1 is 1.41 bits per heavy atom. The highest BCUT2D eigenvalue weighted by molar-refractivity contribution is 7.90. The van der Waals surface area contributed by atoms with Crippen molar-refractivity contribution in [2.45, 2.75) is 50.7 Å². The number of ether oxygens (including phenoxy) is 1. The molecule has 1 N–H and O–H groups in total. The van der Waals surface area contributed by atoms with Gasteiger partial charge in [-0.25, -0.2) is 8.42 Å². The monoisotopic (exact) mass is 263 g/mol. The molecule has 0 bridgehead atoms. The smallest absolute Gasteiger partial charge is 0.147 e. The van der Waals surface area contributed by atoms with Gasteiger partial charge in [0, 0.05) is 24.7 Å². The normalized spacial score (nSPS) is 27.9. The van der Waals surface area contributed by atoms with Gasteiger partial charge in [0.2, 0.25) is 0 Å². The number of hydrogen-bond donors (Lipinski definition) is 1. The van der Waals surface area contributed by atoms with E-state index in [2.05, 4.69) is 12.2 Å². The lowest BCUT2D eigenvalue weighted by atomic mass is 9.86. The molecule has 0 aromatic rings. The van der Waals surface area contributed by atoms with Crippen molar-refractivity contribution in [3.05, 3.63) is 0 Å². The third kappa shape index (κ3) is 4.94. The van der Waals surface area contributed by atoms with Gasteiger partial charge in [-0.2, -0.15) is 0 Å². The molecule has 0 amide bonds. The molecular weight excluding hydrogens is 238 g/mol. The van der Waals surface area contributed by atoms with Crippen LogP contribution in [0.15, 0.2) is 0 Å². The molecule has 1 rings (SSSR count). The number of rotatable bonds is 6. The van der Waals surface area contributed by atoms with E-state index in [1.165, 1.54) is 12.7 Å². The highest BCUT2D eigenvalue weighted by atomic mass is 32.2. The van der Waals surface area contributed by atoms with Crippen molar-refractivity contribution in [1.29, 1.82) is 0 Å². The van der Waals surface area contributed by atoms with Crippen LogP contribution in [0.25, 0.3) is 0 Å². The van der Waals surface area contributed by atoms with Crippen LogP contribution in [0.1, 0.15) is 39.0 Å². The number of nitrogens with one attached hydrogen (secondary N) is 1.